The summed E-state index contributed by atoms with van der Waals surface area (Å²) in [5.74, 6) is 0.736. The zero-order valence-corrected chi connectivity index (χ0v) is 15.6. The number of likely N-dealkylation sites (N-methyl/N-ethyl adjacent to an activating group) is 1. The van der Waals surface area contributed by atoms with Crippen LogP contribution in [0.4, 0.5) is 10.5 Å². The van der Waals surface area contributed by atoms with E-state index in [0.717, 1.165) is 17.0 Å². The van der Waals surface area contributed by atoms with E-state index < -0.39 is 11.7 Å². The molecule has 0 aliphatic rings. The Balaban J connectivity index is 1.88. The van der Waals surface area contributed by atoms with E-state index in [1.165, 1.54) is 6.39 Å². The quantitative estimate of drug-likeness (QED) is 0.796. The molecule has 26 heavy (non-hydrogen) atoms. The predicted octanol–water partition coefficient (Wildman–Crippen LogP) is 3.85. The molecule has 1 N–H and O–H groups in total. The molecule has 1 aromatic heterocycles. The van der Waals surface area contributed by atoms with E-state index in [1.54, 1.807) is 12.1 Å². The zero-order chi connectivity index (χ0) is 19.2. The molecule has 7 heteroatoms. The molecule has 0 unspecified atom stereocenters. The fraction of sp³-hybridized carbons (Fsp3) is 0.421. The van der Waals surface area contributed by atoms with Gasteiger partial charge in [0.2, 0.25) is 0 Å². The number of alkyl carbamates (subject to hydrolysis) is 1. The van der Waals surface area contributed by atoms with Crippen LogP contribution in [0.3, 0.4) is 0 Å². The molecular weight excluding hydrogens is 332 g/mol. The van der Waals surface area contributed by atoms with Gasteiger partial charge in [0.1, 0.15) is 17.1 Å². The van der Waals surface area contributed by atoms with Crippen LogP contribution in [0, 0.1) is 6.57 Å². The molecule has 138 valence electrons. The Labute approximate surface area is 153 Å². The maximum absolute atomic E-state index is 11.6. The van der Waals surface area contributed by atoms with Gasteiger partial charge >= 0.3 is 6.09 Å². The fourth-order valence-electron chi connectivity index (χ4n) is 2.30. The number of benzene rings is 1. The molecular formula is C19H24N4O3. The second kappa shape index (κ2) is 8.50. The van der Waals surface area contributed by atoms with Crippen molar-refractivity contribution in [3.63, 3.8) is 0 Å². The Morgan fingerprint density at radius 2 is 2.04 bits per heavy atom. The molecule has 0 aliphatic heterocycles. The molecule has 2 rings (SSSR count). The molecule has 7 nitrogen and oxygen atoms in total. The topological polar surface area (TPSA) is 72.0 Å². The molecule has 1 aromatic carbocycles. The van der Waals surface area contributed by atoms with Gasteiger partial charge in [0.15, 0.2) is 12.1 Å². The monoisotopic (exact) mass is 356 g/mol. The molecule has 1 heterocycles. The predicted molar refractivity (Wildman–Crippen MR) is 98.8 cm³/mol. The first-order valence-corrected chi connectivity index (χ1v) is 8.34. The van der Waals surface area contributed by atoms with Gasteiger partial charge in [0.25, 0.3) is 0 Å². The molecule has 0 fully saturated rings. The SMILES string of the molecule is [C-]#[N+]c1ccc(-c2ncoc2CN(C)CCNC(=O)OC(C)(C)C)cc1. The molecule has 0 bridgehead atoms. The van der Waals surface area contributed by atoms with Gasteiger partial charge in [0, 0.05) is 18.7 Å². The highest BCUT2D eigenvalue weighted by Crippen LogP contribution is 2.25. The summed E-state index contributed by atoms with van der Waals surface area (Å²) < 4.78 is 10.7. The molecule has 0 atom stereocenters. The largest absolute Gasteiger partial charge is 0.446 e. The highest BCUT2D eigenvalue weighted by molar-refractivity contribution is 5.67. The number of nitrogens with zero attached hydrogens (tertiary/aromatic N) is 3. The number of oxazole rings is 1. The first kappa shape index (κ1) is 19.5. The maximum Gasteiger partial charge on any atom is 0.407 e. The van der Waals surface area contributed by atoms with E-state index in [2.05, 4.69) is 15.1 Å². The summed E-state index contributed by atoms with van der Waals surface area (Å²) in [7, 11) is 1.94. The van der Waals surface area contributed by atoms with E-state index in [4.69, 9.17) is 15.7 Å². The summed E-state index contributed by atoms with van der Waals surface area (Å²) in [4.78, 5) is 21.3. The van der Waals surface area contributed by atoms with Gasteiger partial charge in [-0.2, -0.15) is 0 Å². The van der Waals surface area contributed by atoms with Crippen molar-refractivity contribution < 1.29 is 13.9 Å². The van der Waals surface area contributed by atoms with Gasteiger partial charge in [-0.1, -0.05) is 24.3 Å². The summed E-state index contributed by atoms with van der Waals surface area (Å²) in [5.41, 5.74) is 1.74. The fourth-order valence-corrected chi connectivity index (χ4v) is 2.30. The van der Waals surface area contributed by atoms with Gasteiger partial charge in [0.05, 0.1) is 13.1 Å². The third-order valence-electron chi connectivity index (χ3n) is 3.49. The lowest BCUT2D eigenvalue weighted by Crippen LogP contribution is -2.36. The molecule has 0 saturated carbocycles. The van der Waals surface area contributed by atoms with E-state index in [1.807, 2.05) is 44.9 Å². The van der Waals surface area contributed by atoms with E-state index in [0.29, 0.717) is 25.3 Å². The first-order valence-electron chi connectivity index (χ1n) is 8.34. The summed E-state index contributed by atoms with van der Waals surface area (Å²) in [6.45, 7) is 14.1. The Bertz CT molecular complexity index is 769. The second-order valence-electron chi connectivity index (χ2n) is 6.95. The maximum atomic E-state index is 11.6. The van der Waals surface area contributed by atoms with Crippen molar-refractivity contribution in [2.75, 3.05) is 20.1 Å². The minimum absolute atomic E-state index is 0.425. The first-order chi connectivity index (χ1) is 12.3. The van der Waals surface area contributed by atoms with Gasteiger partial charge in [-0.05, 0) is 27.8 Å². The van der Waals surface area contributed by atoms with Crippen LogP contribution in [0.15, 0.2) is 35.1 Å². The van der Waals surface area contributed by atoms with Crippen molar-refractivity contribution in [1.82, 2.24) is 15.2 Å². The van der Waals surface area contributed by atoms with Gasteiger partial charge < -0.3 is 14.5 Å². The third-order valence-corrected chi connectivity index (χ3v) is 3.49. The average Bonchev–Trinajstić information content (AvgIpc) is 3.01. The van der Waals surface area contributed by atoms with Crippen molar-refractivity contribution in [2.24, 2.45) is 0 Å². The Morgan fingerprint density at radius 1 is 1.35 bits per heavy atom. The van der Waals surface area contributed by atoms with Crippen LogP contribution in [-0.2, 0) is 11.3 Å². The summed E-state index contributed by atoms with van der Waals surface area (Å²) in [5, 5.41) is 2.73. The van der Waals surface area contributed by atoms with Crippen molar-refractivity contribution in [1.29, 1.82) is 0 Å². The number of ether oxygens (including phenoxy) is 1. The van der Waals surface area contributed by atoms with Crippen molar-refractivity contribution in [2.45, 2.75) is 32.9 Å². The summed E-state index contributed by atoms with van der Waals surface area (Å²) >= 11 is 0. The lowest BCUT2D eigenvalue weighted by atomic mass is 10.1. The summed E-state index contributed by atoms with van der Waals surface area (Å²) in [6, 6.07) is 7.24. The minimum Gasteiger partial charge on any atom is -0.446 e. The number of nitrogens with one attached hydrogen (secondary N) is 1. The van der Waals surface area contributed by atoms with Crippen molar-refractivity contribution in [3.05, 3.63) is 47.8 Å². The minimum atomic E-state index is -0.506. The summed E-state index contributed by atoms with van der Waals surface area (Å²) in [6.07, 6.45) is 0.992. The number of aromatic nitrogens is 1. The highest BCUT2D eigenvalue weighted by Gasteiger charge is 2.16. The lowest BCUT2D eigenvalue weighted by Gasteiger charge is -2.21. The number of carbonyl (C=O) groups excluding carboxylic acids is 1. The molecule has 0 aliphatic carbocycles. The lowest BCUT2D eigenvalue weighted by molar-refractivity contribution is 0.0523. The van der Waals surface area contributed by atoms with Crippen molar-refractivity contribution >= 4 is 11.8 Å². The number of hydrogen-bond acceptors (Lipinski definition) is 5. The molecule has 1 amide bonds. The number of hydrogen-bond donors (Lipinski definition) is 1. The Morgan fingerprint density at radius 3 is 2.65 bits per heavy atom. The Kier molecular flexibility index (Phi) is 6.36. The van der Waals surface area contributed by atoms with Crippen LogP contribution in [0.25, 0.3) is 16.1 Å². The zero-order valence-electron chi connectivity index (χ0n) is 15.6. The standard InChI is InChI=1S/C19H24N4O3/c1-19(2,3)26-18(24)21-10-11-23(5)12-16-17(22-13-25-16)14-6-8-15(20-4)9-7-14/h6-9,13H,10-12H2,1-3,5H3,(H,21,24). The Hall–Kier alpha value is -2.85. The van der Waals surface area contributed by atoms with Gasteiger partial charge in [-0.25, -0.2) is 14.6 Å². The molecule has 0 spiro atoms. The van der Waals surface area contributed by atoms with Crippen LogP contribution in [0.5, 0.6) is 0 Å². The smallest absolute Gasteiger partial charge is 0.407 e. The van der Waals surface area contributed by atoms with E-state index in [-0.39, 0.29) is 0 Å². The van der Waals surface area contributed by atoms with Crippen LogP contribution in [0.2, 0.25) is 0 Å². The number of rotatable bonds is 6. The van der Waals surface area contributed by atoms with Crippen LogP contribution in [0.1, 0.15) is 26.5 Å². The molecule has 2 aromatic rings. The second-order valence-corrected chi connectivity index (χ2v) is 6.95. The van der Waals surface area contributed by atoms with Crippen LogP contribution >= 0.6 is 0 Å². The van der Waals surface area contributed by atoms with E-state index in [9.17, 15) is 4.79 Å². The number of carbonyl (C=O) groups is 1. The number of amides is 1. The third kappa shape index (κ3) is 5.90. The average molecular weight is 356 g/mol. The highest BCUT2D eigenvalue weighted by atomic mass is 16.6. The normalized spacial score (nSPS) is 11.2. The van der Waals surface area contributed by atoms with Crippen LogP contribution < -0.4 is 5.32 Å². The van der Waals surface area contributed by atoms with Crippen molar-refractivity contribution in [3.8, 4) is 11.3 Å². The van der Waals surface area contributed by atoms with E-state index >= 15 is 0 Å². The molecule has 0 radical (unpaired) electrons. The molecule has 0 saturated heterocycles. The van der Waals surface area contributed by atoms with Gasteiger partial charge in [-0.15, -0.1) is 0 Å². The van der Waals surface area contributed by atoms with Crippen LogP contribution in [-0.4, -0.2) is 41.7 Å². The van der Waals surface area contributed by atoms with Gasteiger partial charge in [-0.3, -0.25) is 4.90 Å².